The van der Waals surface area contributed by atoms with Crippen molar-refractivity contribution in [2.75, 3.05) is 5.32 Å². The number of carbonyl (C=O) groups excluding carboxylic acids is 2. The van der Waals surface area contributed by atoms with Crippen molar-refractivity contribution in [3.8, 4) is 0 Å². The van der Waals surface area contributed by atoms with Gasteiger partial charge < -0.3 is 24.9 Å². The molecule has 3 N–H and O–H groups in total. The lowest BCUT2D eigenvalue weighted by atomic mass is 10.0. The molecule has 32 heavy (non-hydrogen) atoms. The maximum atomic E-state index is 13.2. The van der Waals surface area contributed by atoms with Crippen LogP contribution in [0.25, 0.3) is 21.8 Å². The Labute approximate surface area is 186 Å². The average molecular weight is 433 g/mol. The highest BCUT2D eigenvalue weighted by atomic mass is 16.6. The maximum Gasteiger partial charge on any atom is 0.408 e. The molecule has 2 aromatic heterocycles. The number of aromatic amines is 1. The summed E-state index contributed by atoms with van der Waals surface area (Å²) in [7, 11) is 1.97. The third-order valence-corrected chi connectivity index (χ3v) is 5.23. The SMILES string of the molecule is Cn1cc(C[C@H](NC(=O)OC(C)(C)C)C(=O)Nc2ccc3[nH]ccc3c2)c2ccccc21. The van der Waals surface area contributed by atoms with Crippen molar-refractivity contribution in [1.82, 2.24) is 14.9 Å². The van der Waals surface area contributed by atoms with Gasteiger partial charge in [0, 0.05) is 53.4 Å². The number of H-pyrrole nitrogens is 1. The Hall–Kier alpha value is -3.74. The van der Waals surface area contributed by atoms with Crippen LogP contribution in [0.3, 0.4) is 0 Å². The number of hydrogen-bond acceptors (Lipinski definition) is 3. The number of hydrogen-bond donors (Lipinski definition) is 3. The molecule has 0 radical (unpaired) electrons. The van der Waals surface area contributed by atoms with Gasteiger partial charge in [-0.3, -0.25) is 4.79 Å². The fourth-order valence-electron chi connectivity index (χ4n) is 3.83. The van der Waals surface area contributed by atoms with Crippen molar-refractivity contribution in [2.24, 2.45) is 7.05 Å². The van der Waals surface area contributed by atoms with Crippen LogP contribution in [0.5, 0.6) is 0 Å². The number of aryl methyl sites for hydroxylation is 1. The molecule has 2 amide bonds. The van der Waals surface area contributed by atoms with Gasteiger partial charge in [0.25, 0.3) is 0 Å². The zero-order valence-electron chi connectivity index (χ0n) is 18.7. The first-order valence-corrected chi connectivity index (χ1v) is 10.6. The Morgan fingerprint density at radius 1 is 1.12 bits per heavy atom. The fraction of sp³-hybridized carbons (Fsp3) is 0.280. The largest absolute Gasteiger partial charge is 0.444 e. The zero-order valence-corrected chi connectivity index (χ0v) is 18.7. The standard InChI is InChI=1S/C25H28N4O3/c1-25(2,3)32-24(31)28-21(14-17-15-29(4)22-8-6-5-7-19(17)22)23(30)27-18-9-10-20-16(13-18)11-12-26-20/h5-13,15,21,26H,14H2,1-4H3,(H,27,30)(H,28,31)/t21-/m0/s1. The summed E-state index contributed by atoms with van der Waals surface area (Å²) in [6.07, 6.45) is 3.55. The molecule has 0 aliphatic heterocycles. The Bertz CT molecular complexity index is 1280. The molecule has 0 aliphatic rings. The first-order chi connectivity index (χ1) is 15.2. The lowest BCUT2D eigenvalue weighted by Crippen LogP contribution is -2.47. The summed E-state index contributed by atoms with van der Waals surface area (Å²) in [6, 6.07) is 14.8. The van der Waals surface area contributed by atoms with Crippen molar-refractivity contribution in [2.45, 2.75) is 38.8 Å². The molecule has 7 nitrogen and oxygen atoms in total. The minimum atomic E-state index is -0.808. The molecule has 0 spiro atoms. The number of rotatable bonds is 5. The van der Waals surface area contributed by atoms with E-state index in [4.69, 9.17) is 4.74 Å². The molecular formula is C25H28N4O3. The van der Waals surface area contributed by atoms with Crippen LogP contribution in [0, 0.1) is 0 Å². The lowest BCUT2D eigenvalue weighted by molar-refractivity contribution is -0.118. The molecule has 0 fully saturated rings. The van der Waals surface area contributed by atoms with Gasteiger partial charge in [0.2, 0.25) is 5.91 Å². The van der Waals surface area contributed by atoms with Gasteiger partial charge in [0.05, 0.1) is 0 Å². The predicted octanol–water partition coefficient (Wildman–Crippen LogP) is 4.73. The third-order valence-electron chi connectivity index (χ3n) is 5.23. The Morgan fingerprint density at radius 3 is 2.69 bits per heavy atom. The monoisotopic (exact) mass is 432 g/mol. The number of aromatic nitrogens is 2. The second-order valence-corrected chi connectivity index (χ2v) is 8.95. The summed E-state index contributed by atoms with van der Waals surface area (Å²) in [5.41, 5.74) is 3.03. The molecule has 0 saturated heterocycles. The smallest absolute Gasteiger partial charge is 0.408 e. The van der Waals surface area contributed by atoms with Gasteiger partial charge in [-0.25, -0.2) is 4.79 Å². The number of alkyl carbamates (subject to hydrolysis) is 1. The highest BCUT2D eigenvalue weighted by Crippen LogP contribution is 2.23. The van der Waals surface area contributed by atoms with Crippen LogP contribution in [-0.2, 0) is 23.0 Å². The molecule has 2 heterocycles. The first kappa shape index (κ1) is 21.5. The fourth-order valence-corrected chi connectivity index (χ4v) is 3.83. The van der Waals surface area contributed by atoms with Crippen molar-refractivity contribution < 1.29 is 14.3 Å². The number of benzene rings is 2. The topological polar surface area (TPSA) is 88.2 Å². The van der Waals surface area contributed by atoms with Gasteiger partial charge in [-0.05, 0) is 56.7 Å². The second-order valence-electron chi connectivity index (χ2n) is 8.95. The highest BCUT2D eigenvalue weighted by Gasteiger charge is 2.26. The van der Waals surface area contributed by atoms with Crippen LogP contribution in [0.4, 0.5) is 10.5 Å². The normalized spacial score (nSPS) is 12.6. The molecule has 7 heteroatoms. The van der Waals surface area contributed by atoms with Crippen LogP contribution < -0.4 is 10.6 Å². The van der Waals surface area contributed by atoms with E-state index in [1.807, 2.05) is 72.5 Å². The summed E-state index contributed by atoms with van der Waals surface area (Å²) in [4.78, 5) is 28.9. The maximum absolute atomic E-state index is 13.2. The Kier molecular flexibility index (Phi) is 5.65. The average Bonchev–Trinajstić information content (AvgIpc) is 3.30. The van der Waals surface area contributed by atoms with Gasteiger partial charge in [-0.2, -0.15) is 0 Å². The Morgan fingerprint density at radius 2 is 1.91 bits per heavy atom. The number of anilines is 1. The van der Waals surface area contributed by atoms with Crippen LogP contribution in [0.15, 0.2) is 60.9 Å². The van der Waals surface area contributed by atoms with Crippen molar-refractivity contribution in [3.05, 3.63) is 66.5 Å². The van der Waals surface area contributed by atoms with E-state index >= 15 is 0 Å². The van der Waals surface area contributed by atoms with Crippen molar-refractivity contribution >= 4 is 39.5 Å². The van der Waals surface area contributed by atoms with E-state index in [-0.39, 0.29) is 5.91 Å². The number of para-hydroxylation sites is 1. The molecule has 0 aliphatic carbocycles. The van der Waals surface area contributed by atoms with Crippen molar-refractivity contribution in [3.63, 3.8) is 0 Å². The number of nitrogens with zero attached hydrogens (tertiary/aromatic N) is 1. The van der Waals surface area contributed by atoms with Gasteiger partial charge in [0.1, 0.15) is 11.6 Å². The number of carbonyl (C=O) groups is 2. The van der Waals surface area contributed by atoms with E-state index in [1.54, 1.807) is 20.8 Å². The summed E-state index contributed by atoms with van der Waals surface area (Å²) in [5.74, 6) is -0.307. The molecule has 0 saturated carbocycles. The Balaban J connectivity index is 1.59. The number of nitrogens with one attached hydrogen (secondary N) is 3. The van der Waals surface area contributed by atoms with E-state index in [2.05, 4.69) is 15.6 Å². The lowest BCUT2D eigenvalue weighted by Gasteiger charge is -2.23. The minimum Gasteiger partial charge on any atom is -0.444 e. The second kappa shape index (κ2) is 8.42. The molecular weight excluding hydrogens is 404 g/mol. The van der Waals surface area contributed by atoms with E-state index < -0.39 is 17.7 Å². The molecule has 1 atom stereocenters. The van der Waals surface area contributed by atoms with Crippen LogP contribution in [0.2, 0.25) is 0 Å². The highest BCUT2D eigenvalue weighted by molar-refractivity contribution is 5.99. The van der Waals surface area contributed by atoms with E-state index in [0.29, 0.717) is 12.1 Å². The van der Waals surface area contributed by atoms with E-state index in [9.17, 15) is 9.59 Å². The molecule has 4 aromatic rings. The van der Waals surface area contributed by atoms with Gasteiger partial charge in [-0.1, -0.05) is 18.2 Å². The van der Waals surface area contributed by atoms with Gasteiger partial charge in [-0.15, -0.1) is 0 Å². The van der Waals surface area contributed by atoms with E-state index in [0.717, 1.165) is 27.4 Å². The van der Waals surface area contributed by atoms with Crippen LogP contribution in [0.1, 0.15) is 26.3 Å². The van der Waals surface area contributed by atoms with E-state index in [1.165, 1.54) is 0 Å². The molecule has 0 bridgehead atoms. The summed E-state index contributed by atoms with van der Waals surface area (Å²) in [6.45, 7) is 5.37. The quantitative estimate of drug-likeness (QED) is 0.426. The van der Waals surface area contributed by atoms with Crippen LogP contribution >= 0.6 is 0 Å². The molecule has 166 valence electrons. The predicted molar refractivity (Wildman–Crippen MR) is 127 cm³/mol. The van der Waals surface area contributed by atoms with Gasteiger partial charge in [0.15, 0.2) is 0 Å². The number of ether oxygens (including phenoxy) is 1. The molecule has 2 aromatic carbocycles. The first-order valence-electron chi connectivity index (χ1n) is 10.6. The molecule has 4 rings (SSSR count). The van der Waals surface area contributed by atoms with Gasteiger partial charge >= 0.3 is 6.09 Å². The zero-order chi connectivity index (χ0) is 22.9. The summed E-state index contributed by atoms with van der Waals surface area (Å²) >= 11 is 0. The number of fused-ring (bicyclic) bond motifs is 2. The summed E-state index contributed by atoms with van der Waals surface area (Å²) in [5, 5.41) is 7.74. The van der Waals surface area contributed by atoms with Crippen molar-refractivity contribution in [1.29, 1.82) is 0 Å². The minimum absolute atomic E-state index is 0.307. The van der Waals surface area contributed by atoms with Crippen LogP contribution in [-0.4, -0.2) is 33.2 Å². The third kappa shape index (κ3) is 4.77. The molecule has 0 unspecified atom stereocenters. The number of amides is 2. The summed E-state index contributed by atoms with van der Waals surface area (Å²) < 4.78 is 7.43.